The molecule has 1 heterocycles. The summed E-state index contributed by atoms with van der Waals surface area (Å²) in [4.78, 5) is 16.8. The van der Waals surface area contributed by atoms with Crippen LogP contribution in [0.15, 0.2) is 29.6 Å². The van der Waals surface area contributed by atoms with Crippen molar-refractivity contribution in [2.75, 3.05) is 0 Å². The maximum Gasteiger partial charge on any atom is 0.416 e. The highest BCUT2D eigenvalue weighted by Gasteiger charge is 2.31. The fraction of sp³-hybridized carbons (Fsp3) is 0.474. The summed E-state index contributed by atoms with van der Waals surface area (Å²) in [6.45, 7) is 6.00. The molecule has 0 radical (unpaired) electrons. The average Bonchev–Trinajstić information content (AvgIpc) is 3.02. The van der Waals surface area contributed by atoms with Gasteiger partial charge in [0, 0.05) is 11.3 Å². The molecule has 2 rings (SSSR count). The van der Waals surface area contributed by atoms with E-state index < -0.39 is 17.8 Å². The standard InChI is InChI=1S/C19H23F3N2OS/c1-4-6-16(13-7-5-8-14(9-13)19(20,21)22)24-17(25)10-15-11-26-18(23-15)12(2)3/h5,7-9,11-12,16H,4,6,10H2,1-3H3,(H,24,25). The highest BCUT2D eigenvalue weighted by molar-refractivity contribution is 7.09. The van der Waals surface area contributed by atoms with Gasteiger partial charge in [0.15, 0.2) is 0 Å². The monoisotopic (exact) mass is 384 g/mol. The van der Waals surface area contributed by atoms with E-state index in [1.807, 2.05) is 26.2 Å². The molecule has 3 nitrogen and oxygen atoms in total. The predicted molar refractivity (Wildman–Crippen MR) is 97.1 cm³/mol. The van der Waals surface area contributed by atoms with Gasteiger partial charge in [0.1, 0.15) is 0 Å². The summed E-state index contributed by atoms with van der Waals surface area (Å²) in [5.41, 5.74) is 0.457. The Kier molecular flexibility index (Phi) is 6.81. The Morgan fingerprint density at radius 1 is 1.31 bits per heavy atom. The minimum Gasteiger partial charge on any atom is -0.349 e. The Morgan fingerprint density at radius 3 is 2.62 bits per heavy atom. The molecule has 0 fully saturated rings. The van der Waals surface area contributed by atoms with E-state index in [0.29, 0.717) is 23.6 Å². The van der Waals surface area contributed by atoms with Crippen LogP contribution in [0.5, 0.6) is 0 Å². The third-order valence-electron chi connectivity index (χ3n) is 3.93. The number of aromatic nitrogens is 1. The van der Waals surface area contributed by atoms with Gasteiger partial charge in [0.05, 0.1) is 28.7 Å². The maximum absolute atomic E-state index is 12.9. The van der Waals surface area contributed by atoms with Crippen molar-refractivity contribution in [3.63, 3.8) is 0 Å². The zero-order chi connectivity index (χ0) is 19.3. The number of alkyl halides is 3. The zero-order valence-corrected chi connectivity index (χ0v) is 15.9. The molecule has 1 unspecified atom stereocenters. The SMILES string of the molecule is CCCC(NC(=O)Cc1csc(C(C)C)n1)c1cccc(C(F)(F)F)c1. The topological polar surface area (TPSA) is 42.0 Å². The van der Waals surface area contributed by atoms with Gasteiger partial charge < -0.3 is 5.32 Å². The number of hydrogen-bond donors (Lipinski definition) is 1. The van der Waals surface area contributed by atoms with Gasteiger partial charge in [0.25, 0.3) is 0 Å². The Bertz CT molecular complexity index is 740. The van der Waals surface area contributed by atoms with Crippen molar-refractivity contribution in [1.82, 2.24) is 10.3 Å². The van der Waals surface area contributed by atoms with Crippen LogP contribution in [0.4, 0.5) is 13.2 Å². The van der Waals surface area contributed by atoms with Gasteiger partial charge in [-0.1, -0.05) is 39.3 Å². The van der Waals surface area contributed by atoms with E-state index in [0.717, 1.165) is 23.6 Å². The lowest BCUT2D eigenvalue weighted by Gasteiger charge is -2.20. The number of rotatable bonds is 7. The lowest BCUT2D eigenvalue weighted by atomic mass is 9.99. The minimum absolute atomic E-state index is 0.127. The number of hydrogen-bond acceptors (Lipinski definition) is 3. The number of benzene rings is 1. The van der Waals surface area contributed by atoms with Crippen LogP contribution in [0.1, 0.15) is 67.4 Å². The van der Waals surface area contributed by atoms with Crippen LogP contribution in [0, 0.1) is 0 Å². The number of nitrogens with zero attached hydrogens (tertiary/aromatic N) is 1. The molecular weight excluding hydrogens is 361 g/mol. The molecule has 0 saturated heterocycles. The Morgan fingerprint density at radius 2 is 2.04 bits per heavy atom. The van der Waals surface area contributed by atoms with Gasteiger partial charge in [-0.15, -0.1) is 11.3 Å². The summed E-state index contributed by atoms with van der Waals surface area (Å²) >= 11 is 1.51. The fourth-order valence-corrected chi connectivity index (χ4v) is 3.46. The zero-order valence-electron chi connectivity index (χ0n) is 15.1. The molecule has 1 aromatic carbocycles. The lowest BCUT2D eigenvalue weighted by Crippen LogP contribution is -2.30. The van der Waals surface area contributed by atoms with Gasteiger partial charge in [-0.2, -0.15) is 13.2 Å². The molecular formula is C19H23F3N2OS. The van der Waals surface area contributed by atoms with E-state index in [2.05, 4.69) is 10.3 Å². The summed E-state index contributed by atoms with van der Waals surface area (Å²) in [7, 11) is 0. The van der Waals surface area contributed by atoms with Gasteiger partial charge in [0.2, 0.25) is 5.91 Å². The minimum atomic E-state index is -4.40. The molecule has 0 aliphatic heterocycles. The largest absolute Gasteiger partial charge is 0.416 e. The molecule has 1 atom stereocenters. The van der Waals surface area contributed by atoms with Crippen molar-refractivity contribution in [3.05, 3.63) is 51.5 Å². The second-order valence-electron chi connectivity index (χ2n) is 6.54. The third-order valence-corrected chi connectivity index (χ3v) is 5.13. The number of carbonyl (C=O) groups excluding carboxylic acids is 1. The number of halogens is 3. The number of thiazole rings is 1. The van der Waals surface area contributed by atoms with Crippen LogP contribution < -0.4 is 5.32 Å². The van der Waals surface area contributed by atoms with E-state index in [1.165, 1.54) is 17.4 Å². The Hall–Kier alpha value is -1.89. The lowest BCUT2D eigenvalue weighted by molar-refractivity contribution is -0.137. The van der Waals surface area contributed by atoms with Crippen molar-refractivity contribution in [2.24, 2.45) is 0 Å². The van der Waals surface area contributed by atoms with E-state index >= 15 is 0 Å². The second kappa shape index (κ2) is 8.66. The Labute approximate surface area is 155 Å². The number of carbonyl (C=O) groups is 1. The van der Waals surface area contributed by atoms with Crippen LogP contribution in [0.25, 0.3) is 0 Å². The average molecular weight is 384 g/mol. The van der Waals surface area contributed by atoms with E-state index in [1.54, 1.807) is 6.07 Å². The molecule has 1 amide bonds. The van der Waals surface area contributed by atoms with Crippen LogP contribution in [-0.4, -0.2) is 10.9 Å². The molecule has 0 saturated carbocycles. The fourth-order valence-electron chi connectivity index (χ4n) is 2.62. The third kappa shape index (κ3) is 5.56. The molecule has 0 bridgehead atoms. The predicted octanol–water partition coefficient (Wildman–Crippen LogP) is 5.49. The van der Waals surface area contributed by atoms with Gasteiger partial charge in [-0.25, -0.2) is 4.98 Å². The summed E-state index contributed by atoms with van der Waals surface area (Å²) in [5.74, 6) is 0.0660. The first-order valence-electron chi connectivity index (χ1n) is 8.61. The molecule has 142 valence electrons. The summed E-state index contributed by atoms with van der Waals surface area (Å²) in [6.07, 6.45) is -2.95. The smallest absolute Gasteiger partial charge is 0.349 e. The maximum atomic E-state index is 12.9. The highest BCUT2D eigenvalue weighted by Crippen LogP contribution is 2.31. The molecule has 0 aliphatic carbocycles. The first kappa shape index (κ1) is 20.4. The van der Waals surface area contributed by atoms with Crippen molar-refractivity contribution >= 4 is 17.2 Å². The molecule has 2 aromatic rings. The summed E-state index contributed by atoms with van der Waals surface area (Å²) in [6, 6.07) is 4.70. The van der Waals surface area contributed by atoms with Crippen LogP contribution in [0.3, 0.4) is 0 Å². The first-order chi connectivity index (χ1) is 12.2. The first-order valence-corrected chi connectivity index (χ1v) is 9.49. The van der Waals surface area contributed by atoms with E-state index in [-0.39, 0.29) is 12.3 Å². The van der Waals surface area contributed by atoms with E-state index in [4.69, 9.17) is 0 Å². The second-order valence-corrected chi connectivity index (χ2v) is 7.43. The van der Waals surface area contributed by atoms with Crippen molar-refractivity contribution < 1.29 is 18.0 Å². The van der Waals surface area contributed by atoms with Crippen LogP contribution in [0.2, 0.25) is 0 Å². The molecule has 7 heteroatoms. The van der Waals surface area contributed by atoms with E-state index in [9.17, 15) is 18.0 Å². The van der Waals surface area contributed by atoms with Crippen LogP contribution >= 0.6 is 11.3 Å². The summed E-state index contributed by atoms with van der Waals surface area (Å²) < 4.78 is 38.8. The molecule has 26 heavy (non-hydrogen) atoms. The highest BCUT2D eigenvalue weighted by atomic mass is 32.1. The van der Waals surface area contributed by atoms with Gasteiger partial charge in [-0.05, 0) is 24.1 Å². The van der Waals surface area contributed by atoms with Gasteiger partial charge >= 0.3 is 6.18 Å². The summed E-state index contributed by atoms with van der Waals surface area (Å²) in [5, 5.41) is 5.68. The van der Waals surface area contributed by atoms with Crippen molar-refractivity contribution in [2.45, 2.75) is 58.2 Å². The van der Waals surface area contributed by atoms with Crippen molar-refractivity contribution in [3.8, 4) is 0 Å². The van der Waals surface area contributed by atoms with Gasteiger partial charge in [-0.3, -0.25) is 4.79 Å². The Balaban J connectivity index is 2.10. The number of nitrogens with one attached hydrogen (secondary N) is 1. The molecule has 1 aromatic heterocycles. The normalized spacial score (nSPS) is 13.0. The quantitative estimate of drug-likeness (QED) is 0.686. The molecule has 0 spiro atoms. The molecule has 0 aliphatic rings. The number of amides is 1. The molecule has 1 N–H and O–H groups in total. The van der Waals surface area contributed by atoms with Crippen LogP contribution in [-0.2, 0) is 17.4 Å². The van der Waals surface area contributed by atoms with Crippen molar-refractivity contribution in [1.29, 1.82) is 0 Å².